The number of phenolic OH excluding ortho intramolecular Hbond substituents is 1. The third-order valence-corrected chi connectivity index (χ3v) is 4.71. The Morgan fingerprint density at radius 1 is 1.17 bits per heavy atom. The van der Waals surface area contributed by atoms with Crippen LogP contribution in [0, 0.1) is 0 Å². The van der Waals surface area contributed by atoms with E-state index in [-0.39, 0.29) is 23.8 Å². The Kier molecular flexibility index (Phi) is 6.22. The molecule has 1 aromatic heterocycles. The summed E-state index contributed by atoms with van der Waals surface area (Å²) in [5.41, 5.74) is 3.38. The zero-order valence-electron chi connectivity index (χ0n) is 17.0. The molecule has 0 radical (unpaired) electrons. The molecule has 0 saturated carbocycles. The first-order valence-electron chi connectivity index (χ1n) is 9.61. The first kappa shape index (κ1) is 20.5. The van der Waals surface area contributed by atoms with Crippen molar-refractivity contribution >= 4 is 6.09 Å². The van der Waals surface area contributed by atoms with Gasteiger partial charge in [0.25, 0.3) is 0 Å². The number of imidazole rings is 1. The van der Waals surface area contributed by atoms with Crippen LogP contribution in [-0.4, -0.2) is 21.2 Å². The van der Waals surface area contributed by atoms with E-state index in [0.717, 1.165) is 22.4 Å². The number of hydrogen-bond acceptors (Lipinski definition) is 4. The van der Waals surface area contributed by atoms with Gasteiger partial charge in [0.1, 0.15) is 12.4 Å². The maximum Gasteiger partial charge on any atom is 0.408 e. The van der Waals surface area contributed by atoms with Crippen LogP contribution in [0.25, 0.3) is 0 Å². The SMILES string of the molecule is CC(C)(C)c1cc(CC(NC(=O)OCc2ccccc2)c2cnc[nH]2)ccc1O. The van der Waals surface area contributed by atoms with Crippen molar-refractivity contribution in [1.29, 1.82) is 0 Å². The van der Waals surface area contributed by atoms with Gasteiger partial charge in [-0.1, -0.05) is 63.2 Å². The molecule has 0 aliphatic rings. The Labute approximate surface area is 171 Å². The van der Waals surface area contributed by atoms with Gasteiger partial charge in [-0.3, -0.25) is 0 Å². The molecule has 1 amide bonds. The van der Waals surface area contributed by atoms with E-state index in [4.69, 9.17) is 4.74 Å². The largest absolute Gasteiger partial charge is 0.508 e. The molecular weight excluding hydrogens is 366 g/mol. The van der Waals surface area contributed by atoms with E-state index in [1.54, 1.807) is 18.6 Å². The fourth-order valence-electron chi connectivity index (χ4n) is 3.15. The van der Waals surface area contributed by atoms with Gasteiger partial charge in [-0.15, -0.1) is 0 Å². The predicted molar refractivity (Wildman–Crippen MR) is 112 cm³/mol. The van der Waals surface area contributed by atoms with Crippen molar-refractivity contribution in [2.24, 2.45) is 0 Å². The van der Waals surface area contributed by atoms with Crippen molar-refractivity contribution in [2.75, 3.05) is 0 Å². The average Bonchev–Trinajstić information content (AvgIpc) is 3.22. The predicted octanol–water partition coefficient (Wildman–Crippen LogP) is 4.62. The summed E-state index contributed by atoms with van der Waals surface area (Å²) in [6.07, 6.45) is 3.30. The van der Waals surface area contributed by atoms with Crippen molar-refractivity contribution in [3.63, 3.8) is 0 Å². The maximum atomic E-state index is 12.4. The lowest BCUT2D eigenvalue weighted by Gasteiger charge is -2.23. The van der Waals surface area contributed by atoms with Crippen LogP contribution in [0.3, 0.4) is 0 Å². The monoisotopic (exact) mass is 393 g/mol. The molecule has 1 heterocycles. The number of hydrogen-bond donors (Lipinski definition) is 3. The Balaban J connectivity index is 1.72. The summed E-state index contributed by atoms with van der Waals surface area (Å²) >= 11 is 0. The molecule has 3 aromatic rings. The molecule has 0 fully saturated rings. The van der Waals surface area contributed by atoms with Crippen molar-refractivity contribution in [2.45, 2.75) is 45.3 Å². The number of phenols is 1. The lowest BCUT2D eigenvalue weighted by Crippen LogP contribution is -2.30. The molecule has 0 spiro atoms. The van der Waals surface area contributed by atoms with Crippen LogP contribution in [0.5, 0.6) is 5.75 Å². The Bertz CT molecular complexity index is 932. The molecule has 1 atom stereocenters. The highest BCUT2D eigenvalue weighted by Crippen LogP contribution is 2.32. The molecule has 2 aromatic carbocycles. The van der Waals surface area contributed by atoms with Crippen molar-refractivity contribution < 1.29 is 14.6 Å². The summed E-state index contributed by atoms with van der Waals surface area (Å²) in [6.45, 7) is 6.36. The molecule has 29 heavy (non-hydrogen) atoms. The molecule has 3 rings (SSSR count). The minimum absolute atomic E-state index is 0.189. The van der Waals surface area contributed by atoms with E-state index in [0.29, 0.717) is 6.42 Å². The van der Waals surface area contributed by atoms with E-state index < -0.39 is 6.09 Å². The molecule has 0 saturated heterocycles. The molecule has 6 heteroatoms. The number of amides is 1. The summed E-state index contributed by atoms with van der Waals surface area (Å²) in [6, 6.07) is 14.8. The third kappa shape index (κ3) is 5.60. The highest BCUT2D eigenvalue weighted by Gasteiger charge is 2.21. The number of carbonyl (C=O) groups excluding carboxylic acids is 1. The van der Waals surface area contributed by atoms with E-state index in [1.165, 1.54) is 0 Å². The molecule has 3 N–H and O–H groups in total. The Morgan fingerprint density at radius 3 is 2.59 bits per heavy atom. The van der Waals surface area contributed by atoms with Crippen LogP contribution >= 0.6 is 0 Å². The smallest absolute Gasteiger partial charge is 0.408 e. The molecule has 6 nitrogen and oxygen atoms in total. The van der Waals surface area contributed by atoms with Gasteiger partial charge in [0, 0.05) is 0 Å². The van der Waals surface area contributed by atoms with Gasteiger partial charge in [-0.05, 0) is 34.6 Å². The number of aromatic nitrogens is 2. The van der Waals surface area contributed by atoms with Gasteiger partial charge in [-0.25, -0.2) is 9.78 Å². The quantitative estimate of drug-likeness (QED) is 0.570. The fraction of sp³-hybridized carbons (Fsp3) is 0.304. The minimum atomic E-state index is -0.497. The van der Waals surface area contributed by atoms with Crippen LogP contribution < -0.4 is 5.32 Å². The summed E-state index contributed by atoms with van der Waals surface area (Å²) in [7, 11) is 0. The molecular formula is C23H27N3O3. The van der Waals surface area contributed by atoms with Gasteiger partial charge < -0.3 is 20.1 Å². The number of aromatic amines is 1. The summed E-state index contributed by atoms with van der Waals surface area (Å²) < 4.78 is 5.37. The van der Waals surface area contributed by atoms with Crippen LogP contribution in [-0.2, 0) is 23.2 Å². The number of nitrogens with zero attached hydrogens (tertiary/aromatic N) is 1. The summed E-state index contributed by atoms with van der Waals surface area (Å²) in [5.74, 6) is 0.273. The minimum Gasteiger partial charge on any atom is -0.508 e. The zero-order chi connectivity index (χ0) is 20.9. The number of H-pyrrole nitrogens is 1. The molecule has 0 aliphatic carbocycles. The van der Waals surface area contributed by atoms with E-state index >= 15 is 0 Å². The number of aromatic hydroxyl groups is 1. The average molecular weight is 393 g/mol. The highest BCUT2D eigenvalue weighted by molar-refractivity contribution is 5.68. The van der Waals surface area contributed by atoms with E-state index in [9.17, 15) is 9.90 Å². The number of nitrogens with one attached hydrogen (secondary N) is 2. The lowest BCUT2D eigenvalue weighted by atomic mass is 9.84. The first-order valence-corrected chi connectivity index (χ1v) is 9.61. The number of ether oxygens (including phenoxy) is 1. The molecule has 1 unspecified atom stereocenters. The molecule has 0 bridgehead atoms. The zero-order valence-corrected chi connectivity index (χ0v) is 17.0. The second-order valence-corrected chi connectivity index (χ2v) is 8.07. The van der Waals surface area contributed by atoms with Gasteiger partial charge in [-0.2, -0.15) is 0 Å². The topological polar surface area (TPSA) is 87.2 Å². The van der Waals surface area contributed by atoms with Gasteiger partial charge in [0.05, 0.1) is 24.3 Å². The Hall–Kier alpha value is -3.28. The van der Waals surface area contributed by atoms with E-state index in [1.807, 2.05) is 42.5 Å². The molecule has 0 aliphatic heterocycles. The summed E-state index contributed by atoms with van der Waals surface area (Å²) in [4.78, 5) is 19.5. The van der Waals surface area contributed by atoms with Gasteiger partial charge in [0.2, 0.25) is 0 Å². The van der Waals surface area contributed by atoms with Crippen LogP contribution in [0.1, 0.15) is 49.2 Å². The van der Waals surface area contributed by atoms with Crippen molar-refractivity contribution in [3.05, 3.63) is 83.4 Å². The first-order chi connectivity index (χ1) is 13.8. The standard InChI is InChI=1S/C23H27N3O3/c1-23(2,3)18-11-17(9-10-21(18)27)12-19(20-13-24-15-25-20)26-22(28)29-14-16-7-5-4-6-8-16/h4-11,13,15,19,27H,12,14H2,1-3H3,(H,24,25)(H,26,28). The van der Waals surface area contributed by atoms with Crippen molar-refractivity contribution in [1.82, 2.24) is 15.3 Å². The maximum absolute atomic E-state index is 12.4. The van der Waals surface area contributed by atoms with Crippen LogP contribution in [0.4, 0.5) is 4.79 Å². The third-order valence-electron chi connectivity index (χ3n) is 4.71. The Morgan fingerprint density at radius 2 is 1.93 bits per heavy atom. The highest BCUT2D eigenvalue weighted by atomic mass is 16.5. The molecule has 152 valence electrons. The number of alkyl carbamates (subject to hydrolysis) is 1. The van der Waals surface area contributed by atoms with Crippen molar-refractivity contribution in [3.8, 4) is 5.75 Å². The number of benzene rings is 2. The number of rotatable bonds is 6. The van der Waals surface area contributed by atoms with Crippen LogP contribution in [0.15, 0.2) is 61.1 Å². The van der Waals surface area contributed by atoms with Crippen LogP contribution in [0.2, 0.25) is 0 Å². The van der Waals surface area contributed by atoms with Gasteiger partial charge >= 0.3 is 6.09 Å². The summed E-state index contributed by atoms with van der Waals surface area (Å²) in [5, 5.41) is 13.1. The fourth-order valence-corrected chi connectivity index (χ4v) is 3.15. The second kappa shape index (κ2) is 8.82. The lowest BCUT2D eigenvalue weighted by molar-refractivity contribution is 0.135. The normalized spacial score (nSPS) is 12.4. The van der Waals surface area contributed by atoms with E-state index in [2.05, 4.69) is 36.1 Å². The van der Waals surface area contributed by atoms with Gasteiger partial charge in [0.15, 0.2) is 0 Å². The number of carbonyl (C=O) groups is 1. The second-order valence-electron chi connectivity index (χ2n) is 8.07.